The first-order chi connectivity index (χ1) is 14.8. The number of nitrogens with two attached hydrogens (primary N) is 1. The Labute approximate surface area is 173 Å². The Hall–Kier alpha value is -3.65. The zero-order chi connectivity index (χ0) is 21.8. The number of nitrogens with zero attached hydrogens (tertiary/aromatic N) is 2. The summed E-state index contributed by atoms with van der Waals surface area (Å²) in [6.07, 6.45) is -1.70. The summed E-state index contributed by atoms with van der Waals surface area (Å²) in [7, 11) is 0. The standard InChI is InChI=1S/C23H16F4N4/c24-16-5-7-17(8-6-16)31-21-9-4-15(12-14(21)13-30-31)22(28,23(25,26)27)19-2-1-3-20-18(19)10-11-29-20/h1-13,29H,28H2. The Balaban J connectivity index is 1.70. The zero-order valence-corrected chi connectivity index (χ0v) is 16.0. The molecule has 8 heteroatoms. The lowest BCUT2D eigenvalue weighted by Crippen LogP contribution is -2.51. The third-order valence-corrected chi connectivity index (χ3v) is 5.56. The van der Waals surface area contributed by atoms with Crippen molar-refractivity contribution < 1.29 is 17.6 Å². The highest BCUT2D eigenvalue weighted by Crippen LogP contribution is 2.45. The number of aromatic amines is 1. The van der Waals surface area contributed by atoms with E-state index in [1.807, 2.05) is 0 Å². The van der Waals surface area contributed by atoms with Crippen molar-refractivity contribution in [3.8, 4) is 5.69 Å². The first-order valence-electron chi connectivity index (χ1n) is 9.45. The van der Waals surface area contributed by atoms with Crippen LogP contribution in [-0.4, -0.2) is 20.9 Å². The maximum absolute atomic E-state index is 14.4. The minimum Gasteiger partial charge on any atom is -0.361 e. The Morgan fingerprint density at radius 1 is 0.935 bits per heavy atom. The number of alkyl halides is 3. The van der Waals surface area contributed by atoms with E-state index < -0.39 is 11.7 Å². The van der Waals surface area contributed by atoms with Gasteiger partial charge in [0.1, 0.15) is 5.82 Å². The van der Waals surface area contributed by atoms with E-state index in [9.17, 15) is 17.6 Å². The summed E-state index contributed by atoms with van der Waals surface area (Å²) in [6, 6.07) is 16.2. The normalized spacial score (nSPS) is 14.2. The number of halogens is 4. The topological polar surface area (TPSA) is 59.6 Å². The molecule has 4 nitrogen and oxygen atoms in total. The van der Waals surface area contributed by atoms with Crippen LogP contribution in [0.1, 0.15) is 11.1 Å². The second kappa shape index (κ2) is 6.68. The maximum Gasteiger partial charge on any atom is 0.414 e. The van der Waals surface area contributed by atoms with Gasteiger partial charge in [0.05, 0.1) is 17.4 Å². The number of fused-ring (bicyclic) bond motifs is 2. The number of H-pyrrole nitrogens is 1. The quantitative estimate of drug-likeness (QED) is 0.381. The molecule has 3 aromatic carbocycles. The lowest BCUT2D eigenvalue weighted by molar-refractivity contribution is -0.176. The van der Waals surface area contributed by atoms with E-state index in [0.717, 1.165) is 0 Å². The van der Waals surface area contributed by atoms with Gasteiger partial charge in [-0.25, -0.2) is 9.07 Å². The third-order valence-electron chi connectivity index (χ3n) is 5.56. The molecule has 31 heavy (non-hydrogen) atoms. The molecule has 3 N–H and O–H groups in total. The Kier molecular flexibility index (Phi) is 4.16. The first kappa shape index (κ1) is 19.3. The van der Waals surface area contributed by atoms with Gasteiger partial charge in [0.25, 0.3) is 0 Å². The number of aromatic nitrogens is 3. The molecular formula is C23H16F4N4. The van der Waals surface area contributed by atoms with Crippen LogP contribution in [0.15, 0.2) is 79.1 Å². The van der Waals surface area contributed by atoms with Gasteiger partial charge in [-0.15, -0.1) is 0 Å². The van der Waals surface area contributed by atoms with E-state index in [2.05, 4.69) is 10.1 Å². The fourth-order valence-electron chi connectivity index (χ4n) is 3.97. The van der Waals surface area contributed by atoms with E-state index in [0.29, 0.717) is 27.5 Å². The van der Waals surface area contributed by atoms with Crippen LogP contribution in [0.25, 0.3) is 27.5 Å². The number of hydrogen-bond acceptors (Lipinski definition) is 2. The van der Waals surface area contributed by atoms with E-state index in [-0.39, 0.29) is 16.9 Å². The van der Waals surface area contributed by atoms with Crippen LogP contribution in [0.5, 0.6) is 0 Å². The molecule has 2 aromatic heterocycles. The van der Waals surface area contributed by atoms with E-state index in [4.69, 9.17) is 5.73 Å². The summed E-state index contributed by atoms with van der Waals surface area (Å²) in [5.41, 5.74) is 5.05. The summed E-state index contributed by atoms with van der Waals surface area (Å²) in [4.78, 5) is 2.93. The summed E-state index contributed by atoms with van der Waals surface area (Å²) in [6.45, 7) is 0. The minimum absolute atomic E-state index is 0.0379. The maximum atomic E-state index is 14.4. The monoisotopic (exact) mass is 424 g/mol. The molecule has 0 saturated carbocycles. The molecular weight excluding hydrogens is 408 g/mol. The second-order valence-electron chi connectivity index (χ2n) is 7.36. The molecule has 1 atom stereocenters. The Bertz CT molecular complexity index is 1400. The van der Waals surface area contributed by atoms with Crippen LogP contribution in [0.3, 0.4) is 0 Å². The van der Waals surface area contributed by atoms with Crippen LogP contribution in [0, 0.1) is 5.82 Å². The molecule has 5 rings (SSSR count). The molecule has 5 aromatic rings. The van der Waals surface area contributed by atoms with Gasteiger partial charge in [-0.05, 0) is 59.7 Å². The Morgan fingerprint density at radius 3 is 2.45 bits per heavy atom. The van der Waals surface area contributed by atoms with Gasteiger partial charge in [0.15, 0.2) is 5.54 Å². The van der Waals surface area contributed by atoms with Crippen molar-refractivity contribution >= 4 is 21.8 Å². The predicted octanol–water partition coefficient (Wildman–Crippen LogP) is 5.41. The molecule has 0 aliphatic rings. The van der Waals surface area contributed by atoms with Gasteiger partial charge in [0.2, 0.25) is 0 Å². The second-order valence-corrected chi connectivity index (χ2v) is 7.36. The summed E-state index contributed by atoms with van der Waals surface area (Å²) >= 11 is 0. The van der Waals surface area contributed by atoms with E-state index in [1.165, 1.54) is 41.2 Å². The number of rotatable bonds is 3. The molecule has 1 unspecified atom stereocenters. The van der Waals surface area contributed by atoms with Crippen molar-refractivity contribution in [2.75, 3.05) is 0 Å². The summed E-state index contributed by atoms with van der Waals surface area (Å²) < 4.78 is 58.1. The molecule has 0 aliphatic carbocycles. The molecule has 0 amide bonds. The van der Waals surface area contributed by atoms with Gasteiger partial charge in [-0.2, -0.15) is 18.3 Å². The SMILES string of the molecule is NC(c1ccc2c(cnn2-c2ccc(F)cc2)c1)(c1cccc2[nH]ccc12)C(F)(F)F. The van der Waals surface area contributed by atoms with Gasteiger partial charge >= 0.3 is 6.18 Å². The van der Waals surface area contributed by atoms with Gasteiger partial charge in [0, 0.05) is 22.5 Å². The van der Waals surface area contributed by atoms with Crippen LogP contribution < -0.4 is 5.73 Å². The molecule has 0 radical (unpaired) electrons. The number of benzene rings is 3. The first-order valence-corrected chi connectivity index (χ1v) is 9.45. The van der Waals surface area contributed by atoms with Crippen LogP contribution in [-0.2, 0) is 5.54 Å². The highest BCUT2D eigenvalue weighted by atomic mass is 19.4. The molecule has 0 saturated heterocycles. The average Bonchev–Trinajstić information content (AvgIpc) is 3.39. The van der Waals surface area contributed by atoms with E-state index in [1.54, 1.807) is 42.6 Å². The van der Waals surface area contributed by atoms with Crippen molar-refractivity contribution in [3.05, 3.63) is 96.1 Å². The van der Waals surface area contributed by atoms with Crippen molar-refractivity contribution in [1.82, 2.24) is 14.8 Å². The van der Waals surface area contributed by atoms with Gasteiger partial charge < -0.3 is 10.7 Å². The molecule has 156 valence electrons. The smallest absolute Gasteiger partial charge is 0.361 e. The lowest BCUT2D eigenvalue weighted by atomic mass is 9.81. The van der Waals surface area contributed by atoms with Crippen molar-refractivity contribution in [3.63, 3.8) is 0 Å². The average molecular weight is 424 g/mol. The highest BCUT2D eigenvalue weighted by Gasteiger charge is 2.55. The molecule has 0 aliphatic heterocycles. The Morgan fingerprint density at radius 2 is 1.71 bits per heavy atom. The summed E-state index contributed by atoms with van der Waals surface area (Å²) in [5.74, 6) is -0.389. The fraction of sp³-hybridized carbons (Fsp3) is 0.0870. The molecule has 0 spiro atoms. The van der Waals surface area contributed by atoms with Crippen molar-refractivity contribution in [2.24, 2.45) is 5.73 Å². The zero-order valence-electron chi connectivity index (χ0n) is 16.0. The van der Waals surface area contributed by atoms with Crippen molar-refractivity contribution in [2.45, 2.75) is 11.7 Å². The third kappa shape index (κ3) is 2.90. The number of nitrogens with one attached hydrogen (secondary N) is 1. The van der Waals surface area contributed by atoms with Crippen LogP contribution >= 0.6 is 0 Å². The molecule has 2 heterocycles. The summed E-state index contributed by atoms with van der Waals surface area (Å²) in [5, 5.41) is 5.16. The largest absolute Gasteiger partial charge is 0.414 e. The molecule has 0 bridgehead atoms. The predicted molar refractivity (Wildman–Crippen MR) is 110 cm³/mol. The minimum atomic E-state index is -4.75. The van der Waals surface area contributed by atoms with Crippen LogP contribution in [0.2, 0.25) is 0 Å². The molecule has 0 fully saturated rings. The highest BCUT2D eigenvalue weighted by molar-refractivity contribution is 5.86. The van der Waals surface area contributed by atoms with Gasteiger partial charge in [-0.3, -0.25) is 0 Å². The lowest BCUT2D eigenvalue weighted by Gasteiger charge is -2.33. The van der Waals surface area contributed by atoms with E-state index >= 15 is 0 Å². The number of hydrogen-bond donors (Lipinski definition) is 2. The fourth-order valence-corrected chi connectivity index (χ4v) is 3.97. The van der Waals surface area contributed by atoms with Crippen LogP contribution in [0.4, 0.5) is 17.6 Å². The van der Waals surface area contributed by atoms with Crippen molar-refractivity contribution in [1.29, 1.82) is 0 Å². The van der Waals surface area contributed by atoms with Gasteiger partial charge in [-0.1, -0.05) is 18.2 Å².